The maximum Gasteiger partial charge on any atom is 0.326 e. The van der Waals surface area contributed by atoms with Gasteiger partial charge in [-0.25, -0.2) is 18.2 Å². The molecule has 0 saturated heterocycles. The second-order valence-corrected chi connectivity index (χ2v) is 8.60. The summed E-state index contributed by atoms with van der Waals surface area (Å²) in [5.41, 5.74) is 10.9. The number of anilines is 2. The number of hydrogen-bond acceptors (Lipinski definition) is 8. The molecule has 0 spiro atoms. The zero-order chi connectivity index (χ0) is 22.3. The van der Waals surface area contributed by atoms with Crippen LogP contribution in [0.15, 0.2) is 34.5 Å². The summed E-state index contributed by atoms with van der Waals surface area (Å²) in [6, 6.07) is 4.49. The van der Waals surface area contributed by atoms with Crippen LogP contribution in [0.3, 0.4) is 0 Å². The zero-order valence-electron chi connectivity index (χ0n) is 15.6. The minimum Gasteiger partial charge on any atom is -0.480 e. The predicted octanol–water partition coefficient (Wildman–Crippen LogP) is -0.0276. The molecular formula is C16H21N7O5S2. The zero-order valence-corrected chi connectivity index (χ0v) is 17.2. The van der Waals surface area contributed by atoms with Crippen molar-refractivity contribution in [3.8, 4) is 0 Å². The number of nitrogens with one attached hydrogen (secondary N) is 4. The number of carboxylic acid groups (broad SMARTS) is 1. The first-order valence-electron chi connectivity index (χ1n) is 8.54. The molecular weight excluding hydrogens is 434 g/mol. The number of thiazole rings is 1. The van der Waals surface area contributed by atoms with Gasteiger partial charge in [-0.2, -0.15) is 0 Å². The number of carbonyl (C=O) groups is 2. The number of carbonyl (C=O) groups excluding carboxylic acids is 1. The summed E-state index contributed by atoms with van der Waals surface area (Å²) in [4.78, 5) is 27.5. The summed E-state index contributed by atoms with van der Waals surface area (Å²) in [5.74, 6) is -2.22. The minimum atomic E-state index is -3.95. The molecule has 0 bridgehead atoms. The van der Waals surface area contributed by atoms with Crippen LogP contribution in [0.4, 0.5) is 10.8 Å². The molecule has 0 aliphatic carbocycles. The topological polar surface area (TPSA) is 213 Å². The van der Waals surface area contributed by atoms with E-state index in [-0.39, 0.29) is 40.3 Å². The monoisotopic (exact) mass is 455 g/mol. The molecule has 0 fully saturated rings. The Kier molecular flexibility index (Phi) is 7.54. The van der Waals surface area contributed by atoms with Crippen molar-refractivity contribution in [2.75, 3.05) is 17.0 Å². The molecule has 0 unspecified atom stereocenters. The lowest BCUT2D eigenvalue weighted by Gasteiger charge is -2.13. The second kappa shape index (κ2) is 9.89. The molecule has 1 aromatic heterocycles. The SMILES string of the molecule is N=C(N)NCCC[C@H](NC(=O)c1csc(NS(=O)(=O)c2cccc(N)c2)n1)C(=O)O. The predicted molar refractivity (Wildman–Crippen MR) is 112 cm³/mol. The molecule has 9 N–H and O–H groups in total. The minimum absolute atomic E-state index is 0.0555. The lowest BCUT2D eigenvalue weighted by Crippen LogP contribution is -2.41. The number of benzene rings is 1. The highest BCUT2D eigenvalue weighted by Crippen LogP contribution is 2.21. The third-order valence-corrected chi connectivity index (χ3v) is 5.94. The number of guanidine groups is 1. The summed E-state index contributed by atoms with van der Waals surface area (Å²) in [6.45, 7) is 0.279. The number of aromatic nitrogens is 1. The lowest BCUT2D eigenvalue weighted by molar-refractivity contribution is -0.139. The van der Waals surface area contributed by atoms with Gasteiger partial charge in [0.2, 0.25) is 0 Å². The molecule has 0 saturated carbocycles. The molecule has 2 rings (SSSR count). The summed E-state index contributed by atoms with van der Waals surface area (Å²) in [5, 5.41) is 22.4. The fourth-order valence-electron chi connectivity index (χ4n) is 2.30. The maximum atomic E-state index is 12.4. The molecule has 0 radical (unpaired) electrons. The van der Waals surface area contributed by atoms with Gasteiger partial charge in [0.15, 0.2) is 11.1 Å². The number of amides is 1. The number of nitrogens with zero attached hydrogens (tertiary/aromatic N) is 1. The molecule has 1 atom stereocenters. The van der Waals surface area contributed by atoms with Crippen LogP contribution < -0.4 is 26.8 Å². The fraction of sp³-hybridized carbons (Fsp3) is 0.250. The molecule has 1 aromatic carbocycles. The van der Waals surface area contributed by atoms with Crippen molar-refractivity contribution in [3.05, 3.63) is 35.3 Å². The average molecular weight is 456 g/mol. The Morgan fingerprint density at radius 1 is 1.33 bits per heavy atom. The van der Waals surface area contributed by atoms with Crippen molar-refractivity contribution in [3.63, 3.8) is 0 Å². The van der Waals surface area contributed by atoms with E-state index in [0.717, 1.165) is 11.3 Å². The van der Waals surface area contributed by atoms with Gasteiger partial charge in [-0.3, -0.25) is 14.9 Å². The number of sulfonamides is 1. The van der Waals surface area contributed by atoms with E-state index in [0.29, 0.717) is 6.42 Å². The van der Waals surface area contributed by atoms with Crippen LogP contribution in [0.25, 0.3) is 0 Å². The van der Waals surface area contributed by atoms with Crippen LogP contribution >= 0.6 is 11.3 Å². The van der Waals surface area contributed by atoms with Crippen molar-refractivity contribution >= 4 is 50.0 Å². The summed E-state index contributed by atoms with van der Waals surface area (Å²) in [7, 11) is -3.95. The molecule has 1 heterocycles. The highest BCUT2D eigenvalue weighted by molar-refractivity contribution is 7.93. The van der Waals surface area contributed by atoms with Gasteiger partial charge in [0, 0.05) is 17.6 Å². The number of nitrogens with two attached hydrogens (primary N) is 2. The van der Waals surface area contributed by atoms with Gasteiger partial charge in [0.05, 0.1) is 4.90 Å². The summed E-state index contributed by atoms with van der Waals surface area (Å²) in [6.07, 6.45) is 0.444. The third-order valence-electron chi connectivity index (χ3n) is 3.72. The molecule has 1 amide bonds. The van der Waals surface area contributed by atoms with Crippen LogP contribution in [-0.2, 0) is 14.8 Å². The van der Waals surface area contributed by atoms with Gasteiger partial charge in [-0.05, 0) is 31.0 Å². The maximum absolute atomic E-state index is 12.4. The highest BCUT2D eigenvalue weighted by Gasteiger charge is 2.23. The van der Waals surface area contributed by atoms with E-state index in [1.165, 1.54) is 23.6 Å². The first kappa shape index (κ1) is 22.9. The van der Waals surface area contributed by atoms with E-state index in [9.17, 15) is 23.1 Å². The van der Waals surface area contributed by atoms with Crippen molar-refractivity contribution in [2.45, 2.75) is 23.8 Å². The van der Waals surface area contributed by atoms with E-state index < -0.39 is 27.9 Å². The number of rotatable bonds is 10. The molecule has 0 aliphatic heterocycles. The number of nitrogen functional groups attached to an aromatic ring is 1. The molecule has 12 nitrogen and oxygen atoms in total. The van der Waals surface area contributed by atoms with Crippen LogP contribution in [0.5, 0.6) is 0 Å². The molecule has 2 aromatic rings. The van der Waals surface area contributed by atoms with Crippen molar-refractivity contribution in [1.82, 2.24) is 15.6 Å². The van der Waals surface area contributed by atoms with Crippen LogP contribution in [0.2, 0.25) is 0 Å². The average Bonchev–Trinajstić information content (AvgIpc) is 3.11. The van der Waals surface area contributed by atoms with E-state index in [2.05, 4.69) is 20.3 Å². The first-order valence-corrected chi connectivity index (χ1v) is 10.9. The molecule has 30 heavy (non-hydrogen) atoms. The normalized spacial score (nSPS) is 12.0. The standard InChI is InChI=1S/C16H21N7O5S2/c17-9-3-1-4-10(7-9)30(27,28)23-16-22-12(8-29-16)13(24)21-11(14(25)26)5-2-6-20-15(18)19/h1,3-4,7-8,11H,2,5-6,17H2,(H,21,24)(H,22,23)(H,25,26)(H4,18,19,20)/t11-/m0/s1. The Bertz CT molecular complexity index is 1040. The van der Waals surface area contributed by atoms with E-state index >= 15 is 0 Å². The van der Waals surface area contributed by atoms with Gasteiger partial charge >= 0.3 is 5.97 Å². The van der Waals surface area contributed by atoms with Crippen molar-refractivity contribution < 1.29 is 23.1 Å². The molecule has 14 heteroatoms. The Hall–Kier alpha value is -3.39. The summed E-state index contributed by atoms with van der Waals surface area (Å²) < 4.78 is 27.0. The van der Waals surface area contributed by atoms with Crippen molar-refractivity contribution in [2.24, 2.45) is 5.73 Å². The Labute approximate surface area is 176 Å². The van der Waals surface area contributed by atoms with E-state index in [1.807, 2.05) is 0 Å². The van der Waals surface area contributed by atoms with Crippen LogP contribution in [-0.4, -0.2) is 48.9 Å². The third kappa shape index (κ3) is 6.59. The quantitative estimate of drug-likeness (QED) is 0.111. The smallest absolute Gasteiger partial charge is 0.326 e. The van der Waals surface area contributed by atoms with Crippen LogP contribution in [0, 0.1) is 5.41 Å². The molecule has 0 aliphatic rings. The molecule has 162 valence electrons. The van der Waals surface area contributed by atoms with Crippen LogP contribution in [0.1, 0.15) is 23.3 Å². The van der Waals surface area contributed by atoms with Crippen molar-refractivity contribution in [1.29, 1.82) is 5.41 Å². The van der Waals surface area contributed by atoms with Gasteiger partial charge in [0.1, 0.15) is 11.7 Å². The second-order valence-electron chi connectivity index (χ2n) is 6.06. The van der Waals surface area contributed by atoms with Gasteiger partial charge in [0.25, 0.3) is 15.9 Å². The van der Waals surface area contributed by atoms with Gasteiger partial charge in [-0.1, -0.05) is 6.07 Å². The first-order chi connectivity index (χ1) is 14.1. The summed E-state index contributed by atoms with van der Waals surface area (Å²) >= 11 is 0.875. The number of aliphatic carboxylic acids is 1. The highest BCUT2D eigenvalue weighted by atomic mass is 32.2. The fourth-order valence-corrected chi connectivity index (χ4v) is 4.30. The van der Waals surface area contributed by atoms with Gasteiger partial charge in [-0.15, -0.1) is 11.3 Å². The van der Waals surface area contributed by atoms with Gasteiger partial charge < -0.3 is 27.2 Å². The number of carboxylic acids is 1. The lowest BCUT2D eigenvalue weighted by atomic mass is 10.1. The van der Waals surface area contributed by atoms with E-state index in [1.54, 1.807) is 6.07 Å². The largest absolute Gasteiger partial charge is 0.480 e. The Morgan fingerprint density at radius 2 is 2.07 bits per heavy atom. The van der Waals surface area contributed by atoms with E-state index in [4.69, 9.17) is 16.9 Å². The Morgan fingerprint density at radius 3 is 2.70 bits per heavy atom. The Balaban J connectivity index is 2.01. The number of hydrogen-bond donors (Lipinski definition) is 7.